The van der Waals surface area contributed by atoms with Crippen LogP contribution in [0.3, 0.4) is 0 Å². The molecule has 0 aliphatic rings. The smallest absolute Gasteiger partial charge is 0.255 e. The zero-order valence-electron chi connectivity index (χ0n) is 13.5. The minimum Gasteiger partial charge on any atom is -0.496 e. The molecule has 6 heteroatoms. The van der Waals surface area contributed by atoms with Gasteiger partial charge in [-0.15, -0.1) is 0 Å². The van der Waals surface area contributed by atoms with Crippen molar-refractivity contribution in [2.45, 2.75) is 6.61 Å². The number of halogens is 1. The third-order valence-corrected chi connectivity index (χ3v) is 3.86. The highest BCUT2D eigenvalue weighted by Gasteiger charge is 2.13. The van der Waals surface area contributed by atoms with Gasteiger partial charge < -0.3 is 19.6 Å². The SMILES string of the molecule is COc1ccc(NC(=O)c2cccc(Cl)c2)cc1-c1ccc(CO)o1. The van der Waals surface area contributed by atoms with Crippen molar-refractivity contribution in [1.82, 2.24) is 0 Å². The minimum atomic E-state index is -0.269. The first-order chi connectivity index (χ1) is 12.1. The van der Waals surface area contributed by atoms with Crippen LogP contribution in [-0.4, -0.2) is 18.1 Å². The van der Waals surface area contributed by atoms with Gasteiger partial charge in [0.25, 0.3) is 5.91 Å². The number of aliphatic hydroxyl groups is 1. The van der Waals surface area contributed by atoms with Crippen LogP contribution in [0.2, 0.25) is 5.02 Å². The van der Waals surface area contributed by atoms with Crippen LogP contribution in [0, 0.1) is 0 Å². The second kappa shape index (κ2) is 7.42. The second-order valence-corrected chi connectivity index (χ2v) is 5.74. The van der Waals surface area contributed by atoms with E-state index >= 15 is 0 Å². The number of aliphatic hydroxyl groups excluding tert-OH is 1. The normalized spacial score (nSPS) is 10.5. The maximum absolute atomic E-state index is 12.4. The van der Waals surface area contributed by atoms with Gasteiger partial charge in [-0.05, 0) is 48.5 Å². The Balaban J connectivity index is 1.90. The number of carbonyl (C=O) groups excluding carboxylic acids is 1. The first kappa shape index (κ1) is 17.1. The number of ether oxygens (including phenoxy) is 1. The van der Waals surface area contributed by atoms with Crippen molar-refractivity contribution in [3.63, 3.8) is 0 Å². The molecule has 0 bridgehead atoms. The molecule has 0 aliphatic carbocycles. The fourth-order valence-corrected chi connectivity index (χ4v) is 2.61. The van der Waals surface area contributed by atoms with E-state index in [1.54, 1.807) is 61.7 Å². The monoisotopic (exact) mass is 357 g/mol. The highest BCUT2D eigenvalue weighted by atomic mass is 35.5. The molecule has 3 aromatic rings. The average Bonchev–Trinajstić information content (AvgIpc) is 3.10. The Bertz CT molecular complexity index is 904. The zero-order valence-corrected chi connectivity index (χ0v) is 14.2. The summed E-state index contributed by atoms with van der Waals surface area (Å²) in [6.45, 7) is -0.187. The molecule has 0 radical (unpaired) electrons. The van der Waals surface area contributed by atoms with Crippen molar-refractivity contribution < 1.29 is 19.1 Å². The van der Waals surface area contributed by atoms with E-state index in [-0.39, 0.29) is 12.5 Å². The summed E-state index contributed by atoms with van der Waals surface area (Å²) >= 11 is 5.92. The van der Waals surface area contributed by atoms with Gasteiger partial charge in [-0.25, -0.2) is 0 Å². The molecule has 25 heavy (non-hydrogen) atoms. The van der Waals surface area contributed by atoms with E-state index in [1.807, 2.05) is 0 Å². The average molecular weight is 358 g/mol. The number of nitrogens with one attached hydrogen (secondary N) is 1. The fourth-order valence-electron chi connectivity index (χ4n) is 2.42. The molecule has 0 saturated heterocycles. The van der Waals surface area contributed by atoms with Crippen molar-refractivity contribution in [2.24, 2.45) is 0 Å². The molecule has 2 aromatic carbocycles. The van der Waals surface area contributed by atoms with Crippen molar-refractivity contribution in [1.29, 1.82) is 0 Å². The number of benzene rings is 2. The van der Waals surface area contributed by atoms with Gasteiger partial charge in [-0.1, -0.05) is 17.7 Å². The van der Waals surface area contributed by atoms with Crippen LogP contribution >= 0.6 is 11.6 Å². The number of anilines is 1. The van der Waals surface area contributed by atoms with Crippen molar-refractivity contribution in [3.8, 4) is 17.1 Å². The van der Waals surface area contributed by atoms with Gasteiger partial charge in [-0.2, -0.15) is 0 Å². The number of methoxy groups -OCH3 is 1. The molecule has 0 fully saturated rings. The van der Waals surface area contributed by atoms with Gasteiger partial charge in [0.15, 0.2) is 0 Å². The van der Waals surface area contributed by atoms with Crippen LogP contribution < -0.4 is 10.1 Å². The van der Waals surface area contributed by atoms with Gasteiger partial charge in [0.05, 0.1) is 12.7 Å². The molecule has 1 aromatic heterocycles. The van der Waals surface area contributed by atoms with E-state index in [9.17, 15) is 4.79 Å². The lowest BCUT2D eigenvalue weighted by Crippen LogP contribution is -2.11. The van der Waals surface area contributed by atoms with Crippen LogP contribution in [0.4, 0.5) is 5.69 Å². The Morgan fingerprint density at radius 1 is 1.20 bits per heavy atom. The molecular formula is C19H16ClNO4. The number of amides is 1. The third kappa shape index (κ3) is 3.84. The summed E-state index contributed by atoms with van der Waals surface area (Å²) in [4.78, 5) is 12.4. The highest BCUT2D eigenvalue weighted by Crippen LogP contribution is 2.34. The Morgan fingerprint density at radius 2 is 2.04 bits per heavy atom. The van der Waals surface area contributed by atoms with E-state index in [4.69, 9.17) is 25.9 Å². The van der Waals surface area contributed by atoms with Crippen molar-refractivity contribution >= 4 is 23.2 Å². The summed E-state index contributed by atoms with van der Waals surface area (Å²) in [5.41, 5.74) is 1.72. The molecule has 3 rings (SSSR count). The van der Waals surface area contributed by atoms with Crippen molar-refractivity contribution in [2.75, 3.05) is 12.4 Å². The second-order valence-electron chi connectivity index (χ2n) is 5.30. The van der Waals surface area contributed by atoms with Gasteiger partial charge in [0, 0.05) is 16.3 Å². The topological polar surface area (TPSA) is 71.7 Å². The number of rotatable bonds is 5. The van der Waals surface area contributed by atoms with E-state index in [2.05, 4.69) is 5.32 Å². The number of furan rings is 1. The van der Waals surface area contributed by atoms with Crippen LogP contribution in [-0.2, 0) is 6.61 Å². The summed E-state index contributed by atoms with van der Waals surface area (Å²) in [5, 5.41) is 12.5. The maximum atomic E-state index is 12.4. The quantitative estimate of drug-likeness (QED) is 0.712. The number of hydrogen-bond acceptors (Lipinski definition) is 4. The molecule has 1 amide bonds. The molecule has 0 unspecified atom stereocenters. The molecule has 0 atom stereocenters. The highest BCUT2D eigenvalue weighted by molar-refractivity contribution is 6.31. The fraction of sp³-hybridized carbons (Fsp3) is 0.105. The summed E-state index contributed by atoms with van der Waals surface area (Å²) in [5.74, 6) is 1.32. The Kier molecular flexibility index (Phi) is 5.07. The summed E-state index contributed by atoms with van der Waals surface area (Å²) in [6.07, 6.45) is 0. The Labute approximate surface area is 149 Å². The molecular weight excluding hydrogens is 342 g/mol. The predicted molar refractivity (Wildman–Crippen MR) is 96.0 cm³/mol. The van der Waals surface area contributed by atoms with Crippen molar-refractivity contribution in [3.05, 3.63) is 70.9 Å². The minimum absolute atomic E-state index is 0.187. The van der Waals surface area contributed by atoms with Gasteiger partial charge in [-0.3, -0.25) is 4.79 Å². The summed E-state index contributed by atoms with van der Waals surface area (Å²) < 4.78 is 10.9. The van der Waals surface area contributed by atoms with Crippen LogP contribution in [0.15, 0.2) is 59.0 Å². The largest absolute Gasteiger partial charge is 0.496 e. The lowest BCUT2D eigenvalue weighted by molar-refractivity contribution is 0.102. The van der Waals surface area contributed by atoms with Gasteiger partial charge >= 0.3 is 0 Å². The molecule has 1 heterocycles. The van der Waals surface area contributed by atoms with E-state index in [0.717, 1.165) is 0 Å². The summed E-state index contributed by atoms with van der Waals surface area (Å²) in [7, 11) is 1.55. The van der Waals surface area contributed by atoms with Crippen LogP contribution in [0.5, 0.6) is 5.75 Å². The third-order valence-electron chi connectivity index (χ3n) is 3.63. The van der Waals surface area contributed by atoms with Crippen LogP contribution in [0.25, 0.3) is 11.3 Å². The first-order valence-corrected chi connectivity index (χ1v) is 7.93. The van der Waals surface area contributed by atoms with Gasteiger partial charge in [0.2, 0.25) is 0 Å². The molecule has 0 spiro atoms. The molecule has 5 nitrogen and oxygen atoms in total. The van der Waals surface area contributed by atoms with Gasteiger partial charge in [0.1, 0.15) is 23.9 Å². The zero-order chi connectivity index (χ0) is 17.8. The standard InChI is InChI=1S/C19H16ClNO4/c1-24-17-7-5-14(10-16(17)18-8-6-15(11-22)25-18)21-19(23)12-3-2-4-13(20)9-12/h2-10,22H,11H2,1H3,(H,21,23). The molecule has 128 valence electrons. The molecule has 0 saturated carbocycles. The lowest BCUT2D eigenvalue weighted by Gasteiger charge is -2.10. The Morgan fingerprint density at radius 3 is 2.72 bits per heavy atom. The number of hydrogen-bond donors (Lipinski definition) is 2. The van der Waals surface area contributed by atoms with E-state index in [1.165, 1.54) is 0 Å². The summed E-state index contributed by atoms with van der Waals surface area (Å²) in [6, 6.07) is 15.4. The molecule has 0 aliphatic heterocycles. The first-order valence-electron chi connectivity index (χ1n) is 7.55. The maximum Gasteiger partial charge on any atom is 0.255 e. The van der Waals surface area contributed by atoms with E-state index < -0.39 is 0 Å². The predicted octanol–water partition coefficient (Wildman–Crippen LogP) is 4.35. The number of carbonyl (C=O) groups is 1. The van der Waals surface area contributed by atoms with E-state index in [0.29, 0.717) is 39.1 Å². The lowest BCUT2D eigenvalue weighted by atomic mass is 10.1. The molecule has 2 N–H and O–H groups in total. The van der Waals surface area contributed by atoms with Crippen LogP contribution in [0.1, 0.15) is 16.1 Å². The Hall–Kier alpha value is -2.76.